The molecule has 0 saturated carbocycles. The molecule has 0 fully saturated rings. The van der Waals surface area contributed by atoms with E-state index in [0.29, 0.717) is 0 Å². The summed E-state index contributed by atoms with van der Waals surface area (Å²) in [6.07, 6.45) is 0. The maximum Gasteiger partial charge on any atom is 0.183 e. The Labute approximate surface area is 98.8 Å². The molecule has 0 bridgehead atoms. The van der Waals surface area contributed by atoms with Crippen molar-refractivity contribution in [2.24, 2.45) is 0 Å². The molecule has 94 valence electrons. The van der Waals surface area contributed by atoms with E-state index in [1.54, 1.807) is 0 Å². The van der Waals surface area contributed by atoms with Gasteiger partial charge in [0, 0.05) is 11.6 Å². The van der Waals surface area contributed by atoms with E-state index < -0.39 is 32.4 Å². The second-order valence-electron chi connectivity index (χ2n) is 4.43. The third-order valence-corrected chi connectivity index (χ3v) is 4.48. The number of nitrogens with one attached hydrogen (secondary N) is 1. The highest BCUT2D eigenvalue weighted by atomic mass is 32.2. The van der Waals surface area contributed by atoms with Crippen molar-refractivity contribution < 1.29 is 17.2 Å². The second-order valence-corrected chi connectivity index (χ2v) is 6.40. The minimum absolute atomic E-state index is 0.0104. The average Bonchev–Trinajstić information content (AvgIpc) is 2.44. The molecule has 0 saturated heterocycles. The summed E-state index contributed by atoms with van der Waals surface area (Å²) in [7, 11) is -3.73. The third kappa shape index (κ3) is 2.07. The molecule has 0 aromatic heterocycles. The van der Waals surface area contributed by atoms with Gasteiger partial charge in [-0.15, -0.1) is 0 Å². The van der Waals surface area contributed by atoms with Crippen molar-refractivity contribution >= 4 is 9.84 Å². The molecule has 1 aromatic rings. The fourth-order valence-electron chi connectivity index (χ4n) is 2.11. The van der Waals surface area contributed by atoms with Gasteiger partial charge in [0.1, 0.15) is 16.5 Å². The Balaban J connectivity index is 2.61. The van der Waals surface area contributed by atoms with Crippen LogP contribution in [0.5, 0.6) is 0 Å². The van der Waals surface area contributed by atoms with E-state index in [-0.39, 0.29) is 17.4 Å². The molecular weight excluding hydrogens is 248 g/mol. The van der Waals surface area contributed by atoms with E-state index in [9.17, 15) is 17.2 Å². The van der Waals surface area contributed by atoms with E-state index >= 15 is 0 Å². The number of halogens is 2. The fourth-order valence-corrected chi connectivity index (χ4v) is 3.92. The van der Waals surface area contributed by atoms with E-state index in [1.165, 1.54) is 0 Å². The lowest BCUT2D eigenvalue weighted by molar-refractivity contribution is 0.479. The van der Waals surface area contributed by atoms with Gasteiger partial charge in [-0.2, -0.15) is 0 Å². The van der Waals surface area contributed by atoms with Gasteiger partial charge in [-0.25, -0.2) is 17.2 Å². The number of fused-ring (bicyclic) bond motifs is 1. The molecule has 17 heavy (non-hydrogen) atoms. The number of hydrogen-bond acceptors (Lipinski definition) is 3. The number of rotatable bonds is 2. The summed E-state index contributed by atoms with van der Waals surface area (Å²) < 4.78 is 50.7. The molecule has 1 aliphatic rings. The van der Waals surface area contributed by atoms with Crippen LogP contribution >= 0.6 is 0 Å². The van der Waals surface area contributed by atoms with Crippen LogP contribution in [0.15, 0.2) is 17.0 Å². The predicted octanol–water partition coefficient (Wildman–Crippen LogP) is 1.79. The zero-order valence-corrected chi connectivity index (χ0v) is 10.3. The van der Waals surface area contributed by atoms with Crippen LogP contribution in [0.4, 0.5) is 8.78 Å². The summed E-state index contributed by atoms with van der Waals surface area (Å²) in [6, 6.07) is 1.13. The molecule has 1 aliphatic heterocycles. The molecule has 2 rings (SSSR count). The Bertz CT molecular complexity index is 555. The first kappa shape index (κ1) is 12.4. The molecular formula is C11H13F2NO2S. The van der Waals surface area contributed by atoms with E-state index in [4.69, 9.17) is 0 Å². The molecule has 3 nitrogen and oxygen atoms in total. The Hall–Kier alpha value is -1.01. The van der Waals surface area contributed by atoms with Crippen LogP contribution < -0.4 is 5.32 Å². The van der Waals surface area contributed by atoms with E-state index in [1.807, 2.05) is 13.8 Å². The van der Waals surface area contributed by atoms with Gasteiger partial charge in [0.15, 0.2) is 9.84 Å². The number of hydrogen-bond donors (Lipinski definition) is 1. The van der Waals surface area contributed by atoms with Crippen molar-refractivity contribution in [2.75, 3.05) is 5.75 Å². The minimum atomic E-state index is -3.73. The van der Waals surface area contributed by atoms with Crippen LogP contribution in [0.2, 0.25) is 0 Å². The van der Waals surface area contributed by atoms with Gasteiger partial charge < -0.3 is 5.32 Å². The third-order valence-electron chi connectivity index (χ3n) is 2.67. The first-order valence-corrected chi connectivity index (χ1v) is 6.95. The van der Waals surface area contributed by atoms with E-state index in [2.05, 4.69) is 5.32 Å². The molecule has 0 spiro atoms. The van der Waals surface area contributed by atoms with Crippen LogP contribution in [0.3, 0.4) is 0 Å². The molecule has 1 N–H and O–H groups in total. The fraction of sp³-hybridized carbons (Fsp3) is 0.455. The second kappa shape index (κ2) is 4.03. The molecule has 1 heterocycles. The topological polar surface area (TPSA) is 46.2 Å². The zero-order valence-electron chi connectivity index (χ0n) is 9.50. The molecule has 0 aliphatic carbocycles. The Kier molecular flexibility index (Phi) is 2.95. The van der Waals surface area contributed by atoms with Crippen molar-refractivity contribution in [3.05, 3.63) is 29.3 Å². The van der Waals surface area contributed by atoms with E-state index in [0.717, 1.165) is 12.1 Å². The van der Waals surface area contributed by atoms with Crippen molar-refractivity contribution in [2.45, 2.75) is 30.8 Å². The predicted molar refractivity (Wildman–Crippen MR) is 59.4 cm³/mol. The molecule has 1 atom stereocenters. The van der Waals surface area contributed by atoms with Gasteiger partial charge in [-0.3, -0.25) is 0 Å². The van der Waals surface area contributed by atoms with Gasteiger partial charge >= 0.3 is 0 Å². The summed E-state index contributed by atoms with van der Waals surface area (Å²) in [6.45, 7) is 3.64. The number of sulfone groups is 1. The van der Waals surface area contributed by atoms with Crippen molar-refractivity contribution in [1.29, 1.82) is 0 Å². The summed E-state index contributed by atoms with van der Waals surface area (Å²) in [5.41, 5.74) is -0.0706. The van der Waals surface area contributed by atoms with Gasteiger partial charge in [-0.05, 0) is 12.1 Å². The molecule has 6 heteroatoms. The van der Waals surface area contributed by atoms with Crippen molar-refractivity contribution in [3.8, 4) is 0 Å². The zero-order chi connectivity index (χ0) is 12.8. The summed E-state index contributed by atoms with van der Waals surface area (Å²) in [5, 5.41) is 2.94. The molecule has 0 amide bonds. The molecule has 1 aromatic carbocycles. The first-order chi connectivity index (χ1) is 7.83. The molecule has 0 radical (unpaired) electrons. The summed E-state index contributed by atoms with van der Waals surface area (Å²) in [4.78, 5) is -0.490. The van der Waals surface area contributed by atoms with Crippen LogP contribution in [-0.2, 0) is 9.84 Å². The van der Waals surface area contributed by atoms with Crippen molar-refractivity contribution in [3.63, 3.8) is 0 Å². The Morgan fingerprint density at radius 1 is 1.29 bits per heavy atom. The lowest BCUT2D eigenvalue weighted by Gasteiger charge is -2.16. The monoisotopic (exact) mass is 261 g/mol. The summed E-state index contributed by atoms with van der Waals surface area (Å²) >= 11 is 0. The lowest BCUT2D eigenvalue weighted by atomic mass is 10.1. The highest BCUT2D eigenvalue weighted by Gasteiger charge is 2.39. The Morgan fingerprint density at radius 3 is 2.47 bits per heavy atom. The lowest BCUT2D eigenvalue weighted by Crippen LogP contribution is -2.29. The maximum atomic E-state index is 13.6. The summed E-state index contributed by atoms with van der Waals surface area (Å²) in [5.74, 6) is -1.85. The standard InChI is InChI=1S/C11H13F2NO2S/c1-6(2)14-9-5-17(15,16)11-8(13)4-3-7(12)10(9)11/h3-4,6,9,14H,5H2,1-2H3. The minimum Gasteiger partial charge on any atom is -0.307 e. The highest BCUT2D eigenvalue weighted by Crippen LogP contribution is 2.37. The van der Waals surface area contributed by atoms with Gasteiger partial charge in [0.25, 0.3) is 0 Å². The average molecular weight is 261 g/mol. The number of benzene rings is 1. The highest BCUT2D eigenvalue weighted by molar-refractivity contribution is 7.91. The smallest absolute Gasteiger partial charge is 0.183 e. The van der Waals surface area contributed by atoms with Crippen LogP contribution in [0.25, 0.3) is 0 Å². The van der Waals surface area contributed by atoms with Crippen LogP contribution in [-0.4, -0.2) is 20.2 Å². The first-order valence-electron chi connectivity index (χ1n) is 5.29. The molecule has 1 unspecified atom stereocenters. The van der Waals surface area contributed by atoms with Crippen molar-refractivity contribution in [1.82, 2.24) is 5.32 Å². The van der Waals surface area contributed by atoms with Gasteiger partial charge in [0.05, 0.1) is 11.8 Å². The van der Waals surface area contributed by atoms with Crippen LogP contribution in [0.1, 0.15) is 25.5 Å². The van der Waals surface area contributed by atoms with Crippen LogP contribution in [0, 0.1) is 11.6 Å². The SMILES string of the molecule is CC(C)NC1CS(=O)(=O)c2c(F)ccc(F)c21. The maximum absolute atomic E-state index is 13.6. The largest absolute Gasteiger partial charge is 0.307 e. The Morgan fingerprint density at radius 2 is 1.88 bits per heavy atom. The van der Waals surface area contributed by atoms with Gasteiger partial charge in [-0.1, -0.05) is 13.8 Å². The van der Waals surface area contributed by atoms with Gasteiger partial charge in [0.2, 0.25) is 0 Å². The quantitative estimate of drug-likeness (QED) is 0.883. The normalized spacial score (nSPS) is 21.8.